The molecular weight excluding hydrogens is 177 g/mol. The SMILES string of the molecule is O=C(O)[C@@H]1CC[C@@H](C(F)(F)F)O1. The second kappa shape index (κ2) is 2.93. The molecule has 0 radical (unpaired) electrons. The van der Waals surface area contributed by atoms with Crippen LogP contribution in [0.4, 0.5) is 13.2 Å². The summed E-state index contributed by atoms with van der Waals surface area (Å²) in [5, 5.41) is 8.30. The van der Waals surface area contributed by atoms with E-state index >= 15 is 0 Å². The van der Waals surface area contributed by atoms with Gasteiger partial charge in [0.1, 0.15) is 0 Å². The first-order valence-corrected chi connectivity index (χ1v) is 3.36. The van der Waals surface area contributed by atoms with Crippen LogP contribution in [-0.2, 0) is 9.53 Å². The molecule has 0 bridgehead atoms. The van der Waals surface area contributed by atoms with E-state index in [9.17, 15) is 18.0 Å². The van der Waals surface area contributed by atoms with E-state index in [-0.39, 0.29) is 12.8 Å². The zero-order valence-corrected chi connectivity index (χ0v) is 5.97. The Balaban J connectivity index is 2.51. The molecule has 1 heterocycles. The maximum atomic E-state index is 11.9. The van der Waals surface area contributed by atoms with E-state index in [1.165, 1.54) is 0 Å². The Morgan fingerprint density at radius 2 is 2.00 bits per heavy atom. The number of hydrogen-bond donors (Lipinski definition) is 1. The quantitative estimate of drug-likeness (QED) is 0.665. The molecule has 1 fully saturated rings. The molecule has 0 aliphatic carbocycles. The highest BCUT2D eigenvalue weighted by molar-refractivity contribution is 5.72. The minimum absolute atomic E-state index is 0.0699. The lowest BCUT2D eigenvalue weighted by atomic mass is 10.2. The molecule has 0 aromatic rings. The van der Waals surface area contributed by atoms with Crippen LogP contribution in [-0.4, -0.2) is 29.5 Å². The van der Waals surface area contributed by atoms with E-state index in [4.69, 9.17) is 5.11 Å². The number of aliphatic carboxylic acids is 1. The summed E-state index contributed by atoms with van der Waals surface area (Å²) in [7, 11) is 0. The van der Waals surface area contributed by atoms with Crippen LogP contribution in [0.3, 0.4) is 0 Å². The van der Waals surface area contributed by atoms with Crippen molar-refractivity contribution in [1.82, 2.24) is 0 Å². The van der Waals surface area contributed by atoms with Gasteiger partial charge in [0, 0.05) is 0 Å². The van der Waals surface area contributed by atoms with Crippen LogP contribution in [0.15, 0.2) is 0 Å². The van der Waals surface area contributed by atoms with Crippen LogP contribution >= 0.6 is 0 Å². The standard InChI is InChI=1S/C6H7F3O3/c7-6(8,9)4-2-1-3(12-4)5(10)11/h3-4H,1-2H2,(H,10,11)/t3-,4-/m0/s1. The number of carboxylic acid groups (broad SMARTS) is 1. The topological polar surface area (TPSA) is 46.5 Å². The highest BCUT2D eigenvalue weighted by atomic mass is 19.4. The normalized spacial score (nSPS) is 30.6. The first-order valence-electron chi connectivity index (χ1n) is 3.36. The largest absolute Gasteiger partial charge is 0.479 e. The van der Waals surface area contributed by atoms with Crippen molar-refractivity contribution in [3.05, 3.63) is 0 Å². The first kappa shape index (κ1) is 9.31. The summed E-state index contributed by atoms with van der Waals surface area (Å²) in [6.45, 7) is 0. The molecule has 1 saturated heterocycles. The lowest BCUT2D eigenvalue weighted by Gasteiger charge is -2.14. The third-order valence-electron chi connectivity index (χ3n) is 1.66. The average Bonchev–Trinajstić information content (AvgIpc) is 2.30. The van der Waals surface area contributed by atoms with E-state index in [1.807, 2.05) is 0 Å². The van der Waals surface area contributed by atoms with Crippen molar-refractivity contribution in [2.45, 2.75) is 31.2 Å². The maximum absolute atomic E-state index is 11.9. The molecule has 1 rings (SSSR count). The van der Waals surface area contributed by atoms with Gasteiger partial charge in [0.05, 0.1) is 0 Å². The minimum atomic E-state index is -4.44. The average molecular weight is 184 g/mol. The Kier molecular flexibility index (Phi) is 2.27. The smallest absolute Gasteiger partial charge is 0.414 e. The monoisotopic (exact) mass is 184 g/mol. The van der Waals surface area contributed by atoms with E-state index in [2.05, 4.69) is 4.74 Å². The van der Waals surface area contributed by atoms with Crippen LogP contribution in [0, 0.1) is 0 Å². The van der Waals surface area contributed by atoms with Crippen LogP contribution < -0.4 is 0 Å². The molecule has 1 aliphatic heterocycles. The van der Waals surface area contributed by atoms with E-state index in [0.717, 1.165) is 0 Å². The van der Waals surface area contributed by atoms with Gasteiger partial charge in [0.25, 0.3) is 0 Å². The second-order valence-corrected chi connectivity index (χ2v) is 2.57. The van der Waals surface area contributed by atoms with E-state index in [0.29, 0.717) is 0 Å². The molecule has 0 saturated carbocycles. The molecule has 1 aliphatic rings. The Labute approximate surface area is 66.1 Å². The first-order chi connectivity index (χ1) is 5.41. The molecule has 0 amide bonds. The van der Waals surface area contributed by atoms with Crippen molar-refractivity contribution >= 4 is 5.97 Å². The second-order valence-electron chi connectivity index (χ2n) is 2.57. The minimum Gasteiger partial charge on any atom is -0.479 e. The fourth-order valence-corrected chi connectivity index (χ4v) is 1.06. The molecule has 1 N–H and O–H groups in total. The van der Waals surface area contributed by atoms with Crippen LogP contribution in [0.25, 0.3) is 0 Å². The number of halogens is 3. The van der Waals surface area contributed by atoms with E-state index < -0.39 is 24.4 Å². The lowest BCUT2D eigenvalue weighted by Crippen LogP contribution is -2.30. The fourth-order valence-electron chi connectivity index (χ4n) is 1.06. The number of rotatable bonds is 1. The fraction of sp³-hybridized carbons (Fsp3) is 0.833. The molecule has 0 unspecified atom stereocenters. The highest BCUT2D eigenvalue weighted by Gasteiger charge is 2.47. The summed E-state index contributed by atoms with van der Waals surface area (Å²) < 4.78 is 39.9. The van der Waals surface area contributed by atoms with E-state index in [1.54, 1.807) is 0 Å². The molecule has 0 aromatic heterocycles. The van der Waals surface area contributed by atoms with Gasteiger partial charge in [-0.1, -0.05) is 0 Å². The summed E-state index contributed by atoms with van der Waals surface area (Å²) in [5.41, 5.74) is 0. The van der Waals surface area contributed by atoms with Crippen LogP contribution in [0.5, 0.6) is 0 Å². The maximum Gasteiger partial charge on any atom is 0.414 e. The molecule has 0 spiro atoms. The van der Waals surface area contributed by atoms with Gasteiger partial charge >= 0.3 is 12.1 Å². The van der Waals surface area contributed by atoms with Crippen LogP contribution in [0.1, 0.15) is 12.8 Å². The van der Waals surface area contributed by atoms with Gasteiger partial charge in [-0.05, 0) is 12.8 Å². The van der Waals surface area contributed by atoms with Gasteiger partial charge in [-0.25, -0.2) is 4.79 Å². The predicted molar refractivity (Wildman–Crippen MR) is 31.6 cm³/mol. The summed E-state index contributed by atoms with van der Waals surface area (Å²) in [5.74, 6) is -1.33. The Morgan fingerprint density at radius 3 is 2.25 bits per heavy atom. The number of hydrogen-bond acceptors (Lipinski definition) is 2. The van der Waals surface area contributed by atoms with Gasteiger partial charge in [-0.15, -0.1) is 0 Å². The van der Waals surface area contributed by atoms with Gasteiger partial charge in [0.15, 0.2) is 12.2 Å². The van der Waals surface area contributed by atoms with Crippen molar-refractivity contribution in [2.75, 3.05) is 0 Å². The zero-order valence-electron chi connectivity index (χ0n) is 5.97. The van der Waals surface area contributed by atoms with Crippen molar-refractivity contribution in [3.8, 4) is 0 Å². The Bertz CT molecular complexity index is 189. The summed E-state index contributed by atoms with van der Waals surface area (Å²) in [6.07, 6.45) is -7.97. The third kappa shape index (κ3) is 1.88. The molecule has 70 valence electrons. The van der Waals surface area contributed by atoms with Gasteiger partial charge in [-0.3, -0.25) is 0 Å². The predicted octanol–water partition coefficient (Wildman–Crippen LogP) is 1.18. The zero-order chi connectivity index (χ0) is 9.35. The summed E-state index contributed by atoms with van der Waals surface area (Å²) in [4.78, 5) is 10.2. The van der Waals surface area contributed by atoms with Gasteiger partial charge < -0.3 is 9.84 Å². The molecule has 3 nitrogen and oxygen atoms in total. The lowest BCUT2D eigenvalue weighted by molar-refractivity contribution is -0.216. The molecule has 12 heavy (non-hydrogen) atoms. The van der Waals surface area contributed by atoms with Crippen molar-refractivity contribution in [3.63, 3.8) is 0 Å². The van der Waals surface area contributed by atoms with Crippen molar-refractivity contribution < 1.29 is 27.8 Å². The van der Waals surface area contributed by atoms with Gasteiger partial charge in [0.2, 0.25) is 0 Å². The van der Waals surface area contributed by atoms with Gasteiger partial charge in [-0.2, -0.15) is 13.2 Å². The Morgan fingerprint density at radius 1 is 1.42 bits per heavy atom. The molecular formula is C6H7F3O3. The third-order valence-corrected chi connectivity index (χ3v) is 1.66. The molecule has 2 atom stereocenters. The van der Waals surface area contributed by atoms with Crippen LogP contribution in [0.2, 0.25) is 0 Å². The number of carbonyl (C=O) groups is 1. The Hall–Kier alpha value is -0.780. The molecule has 0 aromatic carbocycles. The summed E-state index contributed by atoms with van der Waals surface area (Å²) in [6, 6.07) is 0. The number of carboxylic acids is 1. The summed E-state index contributed by atoms with van der Waals surface area (Å²) >= 11 is 0. The number of alkyl halides is 3. The highest BCUT2D eigenvalue weighted by Crippen LogP contribution is 2.32. The van der Waals surface area contributed by atoms with Crippen molar-refractivity contribution in [1.29, 1.82) is 0 Å². The number of ether oxygens (including phenoxy) is 1. The van der Waals surface area contributed by atoms with Crippen molar-refractivity contribution in [2.24, 2.45) is 0 Å². The molecule has 6 heteroatoms.